The second kappa shape index (κ2) is 6.32. The molecule has 1 aromatic heterocycles. The van der Waals surface area contributed by atoms with Crippen molar-refractivity contribution < 1.29 is 9.47 Å². The number of hydrogen-bond acceptors (Lipinski definition) is 4. The molecule has 0 saturated heterocycles. The summed E-state index contributed by atoms with van der Waals surface area (Å²) in [5.41, 5.74) is 8.35. The van der Waals surface area contributed by atoms with Crippen molar-refractivity contribution >= 4 is 5.69 Å². The molecule has 0 spiro atoms. The Bertz CT molecular complexity index is 561. The third-order valence-electron chi connectivity index (χ3n) is 3.09. The molecule has 2 N–H and O–H groups in total. The zero-order valence-corrected chi connectivity index (χ0v) is 12.2. The van der Waals surface area contributed by atoms with Crippen molar-refractivity contribution in [2.75, 3.05) is 12.3 Å². The van der Waals surface area contributed by atoms with Crippen LogP contribution in [0.1, 0.15) is 24.7 Å². The summed E-state index contributed by atoms with van der Waals surface area (Å²) in [5.74, 6) is 1.63. The summed E-state index contributed by atoms with van der Waals surface area (Å²) in [5, 5.41) is 4.32. The first-order valence-corrected chi connectivity index (χ1v) is 6.77. The summed E-state index contributed by atoms with van der Waals surface area (Å²) in [6.45, 7) is 6.97. The van der Waals surface area contributed by atoms with Crippen molar-refractivity contribution in [2.24, 2.45) is 0 Å². The number of nitrogen functional groups attached to an aromatic ring is 1. The molecule has 2 rings (SSSR count). The van der Waals surface area contributed by atoms with Crippen molar-refractivity contribution in [1.82, 2.24) is 9.78 Å². The fourth-order valence-corrected chi connectivity index (χ4v) is 1.82. The molecule has 108 valence electrons. The average molecular weight is 275 g/mol. The van der Waals surface area contributed by atoms with Crippen LogP contribution in [-0.2, 0) is 6.73 Å². The third-order valence-corrected chi connectivity index (χ3v) is 3.09. The fourth-order valence-electron chi connectivity index (χ4n) is 1.82. The van der Waals surface area contributed by atoms with E-state index in [0.717, 1.165) is 41.6 Å². The van der Waals surface area contributed by atoms with Gasteiger partial charge in [0.15, 0.2) is 6.73 Å². The number of hydrogen-bond donors (Lipinski definition) is 1. The molecular weight excluding hydrogens is 254 g/mol. The molecule has 0 aliphatic carbocycles. The van der Waals surface area contributed by atoms with E-state index >= 15 is 0 Å². The second-order valence-corrected chi connectivity index (χ2v) is 4.68. The van der Waals surface area contributed by atoms with Gasteiger partial charge in [-0.3, -0.25) is 0 Å². The van der Waals surface area contributed by atoms with Crippen LogP contribution in [-0.4, -0.2) is 16.4 Å². The summed E-state index contributed by atoms with van der Waals surface area (Å²) in [7, 11) is 0. The first-order chi connectivity index (χ1) is 9.61. The number of rotatable bonds is 6. The van der Waals surface area contributed by atoms with Crippen LogP contribution < -0.4 is 15.2 Å². The van der Waals surface area contributed by atoms with Gasteiger partial charge in [-0.2, -0.15) is 5.10 Å². The SMILES string of the molecule is CCCOc1ccc(OCn2nc(C)c(N)c2C)cc1. The molecule has 0 fully saturated rings. The zero-order chi connectivity index (χ0) is 14.5. The third kappa shape index (κ3) is 3.23. The number of nitrogens with zero attached hydrogens (tertiary/aromatic N) is 2. The van der Waals surface area contributed by atoms with Gasteiger partial charge in [-0.15, -0.1) is 0 Å². The molecule has 0 atom stereocenters. The van der Waals surface area contributed by atoms with Gasteiger partial charge in [-0.25, -0.2) is 4.68 Å². The van der Waals surface area contributed by atoms with Crippen molar-refractivity contribution in [3.05, 3.63) is 35.7 Å². The van der Waals surface area contributed by atoms with Gasteiger partial charge in [0.25, 0.3) is 0 Å². The Hall–Kier alpha value is -2.17. The van der Waals surface area contributed by atoms with Crippen LogP contribution in [0.15, 0.2) is 24.3 Å². The standard InChI is InChI=1S/C15H21N3O2/c1-4-9-19-13-5-7-14(8-6-13)20-10-18-12(3)15(16)11(2)17-18/h5-8H,4,9-10,16H2,1-3H3. The lowest BCUT2D eigenvalue weighted by molar-refractivity contribution is 0.217. The maximum Gasteiger partial charge on any atom is 0.181 e. The Morgan fingerprint density at radius 2 is 1.70 bits per heavy atom. The van der Waals surface area contributed by atoms with Crippen LogP contribution in [0.25, 0.3) is 0 Å². The van der Waals surface area contributed by atoms with Crippen LogP contribution in [0.3, 0.4) is 0 Å². The van der Waals surface area contributed by atoms with E-state index in [9.17, 15) is 0 Å². The van der Waals surface area contributed by atoms with Gasteiger partial charge in [-0.1, -0.05) is 6.92 Å². The number of nitrogens with two attached hydrogens (primary N) is 1. The first kappa shape index (κ1) is 14.2. The molecule has 2 aromatic rings. The van der Waals surface area contributed by atoms with Gasteiger partial charge in [0.05, 0.1) is 23.7 Å². The van der Waals surface area contributed by atoms with E-state index in [2.05, 4.69) is 12.0 Å². The molecule has 1 aromatic carbocycles. The topological polar surface area (TPSA) is 62.3 Å². The molecule has 0 aliphatic rings. The number of aryl methyl sites for hydroxylation is 1. The molecule has 5 nitrogen and oxygen atoms in total. The fraction of sp³-hybridized carbons (Fsp3) is 0.400. The number of aromatic nitrogens is 2. The maximum atomic E-state index is 5.88. The lowest BCUT2D eigenvalue weighted by Crippen LogP contribution is -2.08. The average Bonchev–Trinajstić information content (AvgIpc) is 2.71. The Kier molecular flexibility index (Phi) is 4.50. The Labute approximate surface area is 119 Å². The zero-order valence-electron chi connectivity index (χ0n) is 12.2. The molecule has 5 heteroatoms. The highest BCUT2D eigenvalue weighted by Gasteiger charge is 2.08. The van der Waals surface area contributed by atoms with Gasteiger partial charge in [0.1, 0.15) is 11.5 Å². The lowest BCUT2D eigenvalue weighted by atomic mass is 10.3. The van der Waals surface area contributed by atoms with Crippen molar-refractivity contribution in [3.8, 4) is 11.5 Å². The molecule has 0 saturated carbocycles. The first-order valence-electron chi connectivity index (χ1n) is 6.77. The molecule has 20 heavy (non-hydrogen) atoms. The minimum Gasteiger partial charge on any atom is -0.494 e. The van der Waals surface area contributed by atoms with Crippen molar-refractivity contribution in [3.63, 3.8) is 0 Å². The predicted octanol–water partition coefficient (Wildman–Crippen LogP) is 2.91. The molecule has 0 radical (unpaired) electrons. The summed E-state index contributed by atoms with van der Waals surface area (Å²) in [6.07, 6.45) is 0.998. The number of benzene rings is 1. The van der Waals surface area contributed by atoms with E-state index in [1.165, 1.54) is 0 Å². The molecule has 0 amide bonds. The highest BCUT2D eigenvalue weighted by Crippen LogP contribution is 2.19. The quantitative estimate of drug-likeness (QED) is 0.880. The van der Waals surface area contributed by atoms with Crippen LogP contribution in [0, 0.1) is 13.8 Å². The van der Waals surface area contributed by atoms with Gasteiger partial charge >= 0.3 is 0 Å². The Morgan fingerprint density at radius 3 is 2.20 bits per heavy atom. The van der Waals surface area contributed by atoms with E-state index in [4.69, 9.17) is 15.2 Å². The molecule has 0 unspecified atom stereocenters. The summed E-state index contributed by atoms with van der Waals surface area (Å²) in [6, 6.07) is 7.58. The van der Waals surface area contributed by atoms with E-state index < -0.39 is 0 Å². The molecule has 1 heterocycles. The van der Waals surface area contributed by atoms with Crippen LogP contribution in [0.5, 0.6) is 11.5 Å². The maximum absolute atomic E-state index is 5.88. The van der Waals surface area contributed by atoms with Crippen LogP contribution in [0.2, 0.25) is 0 Å². The highest BCUT2D eigenvalue weighted by molar-refractivity contribution is 5.46. The highest BCUT2D eigenvalue weighted by atomic mass is 16.5. The van der Waals surface area contributed by atoms with E-state index in [-0.39, 0.29) is 0 Å². The summed E-state index contributed by atoms with van der Waals surface area (Å²) in [4.78, 5) is 0. The van der Waals surface area contributed by atoms with E-state index in [1.807, 2.05) is 38.1 Å². The predicted molar refractivity (Wildman–Crippen MR) is 79.0 cm³/mol. The smallest absolute Gasteiger partial charge is 0.181 e. The summed E-state index contributed by atoms with van der Waals surface area (Å²) < 4.78 is 13.0. The summed E-state index contributed by atoms with van der Waals surface area (Å²) >= 11 is 0. The van der Waals surface area contributed by atoms with E-state index in [1.54, 1.807) is 4.68 Å². The normalized spacial score (nSPS) is 10.6. The lowest BCUT2D eigenvalue weighted by Gasteiger charge is -2.09. The van der Waals surface area contributed by atoms with Gasteiger partial charge in [0, 0.05) is 0 Å². The Morgan fingerprint density at radius 1 is 1.10 bits per heavy atom. The van der Waals surface area contributed by atoms with Gasteiger partial charge < -0.3 is 15.2 Å². The van der Waals surface area contributed by atoms with Crippen molar-refractivity contribution in [2.45, 2.75) is 33.9 Å². The minimum absolute atomic E-state index is 0.346. The van der Waals surface area contributed by atoms with Gasteiger partial charge in [-0.05, 0) is 44.5 Å². The molecular formula is C15H21N3O2. The number of ether oxygens (including phenoxy) is 2. The number of anilines is 1. The minimum atomic E-state index is 0.346. The Balaban J connectivity index is 1.95. The van der Waals surface area contributed by atoms with Crippen LogP contribution in [0.4, 0.5) is 5.69 Å². The van der Waals surface area contributed by atoms with Crippen LogP contribution >= 0.6 is 0 Å². The van der Waals surface area contributed by atoms with Crippen molar-refractivity contribution in [1.29, 1.82) is 0 Å². The molecule has 0 aliphatic heterocycles. The second-order valence-electron chi connectivity index (χ2n) is 4.68. The molecule has 0 bridgehead atoms. The largest absolute Gasteiger partial charge is 0.494 e. The van der Waals surface area contributed by atoms with E-state index in [0.29, 0.717) is 6.73 Å². The monoisotopic (exact) mass is 275 g/mol. The van der Waals surface area contributed by atoms with Gasteiger partial charge in [0.2, 0.25) is 0 Å².